The van der Waals surface area contributed by atoms with Crippen LogP contribution in [0.25, 0.3) is 0 Å². The molecule has 0 unspecified atom stereocenters. The van der Waals surface area contributed by atoms with Gasteiger partial charge in [-0.1, -0.05) is 26.5 Å². The minimum absolute atomic E-state index is 0.0000723. The summed E-state index contributed by atoms with van der Waals surface area (Å²) in [5.41, 5.74) is 0.947. The van der Waals surface area contributed by atoms with Crippen LogP contribution in [0.2, 0.25) is 0 Å². The van der Waals surface area contributed by atoms with E-state index in [0.29, 0.717) is 22.8 Å². The van der Waals surface area contributed by atoms with Crippen LogP contribution in [0.15, 0.2) is 49.2 Å². The third kappa shape index (κ3) is 10.6. The van der Waals surface area contributed by atoms with Gasteiger partial charge in [-0.15, -0.1) is 0 Å². The lowest BCUT2D eigenvalue weighted by molar-refractivity contribution is -0.128. The summed E-state index contributed by atoms with van der Waals surface area (Å²) in [5.74, 6) is -1.69. The Kier molecular flexibility index (Phi) is 11.7. The Hall–Kier alpha value is -4.81. The molecular formula is C29H40N6O7. The van der Waals surface area contributed by atoms with E-state index in [4.69, 9.17) is 9.47 Å². The van der Waals surface area contributed by atoms with Gasteiger partial charge in [0.2, 0.25) is 11.8 Å². The molecule has 1 aromatic carbocycles. The van der Waals surface area contributed by atoms with E-state index < -0.39 is 47.6 Å². The van der Waals surface area contributed by atoms with Gasteiger partial charge >= 0.3 is 12.2 Å². The number of nitrogens with zero attached hydrogens (tertiary/aromatic N) is 1. The molecule has 0 aliphatic carbocycles. The maximum Gasteiger partial charge on any atom is 0.412 e. The van der Waals surface area contributed by atoms with E-state index in [1.165, 1.54) is 19.1 Å². The van der Waals surface area contributed by atoms with Crippen LogP contribution in [-0.4, -0.2) is 58.8 Å². The second-order valence-corrected chi connectivity index (χ2v) is 10.9. The highest BCUT2D eigenvalue weighted by molar-refractivity contribution is 6.04. The zero-order valence-electron chi connectivity index (χ0n) is 25.0. The van der Waals surface area contributed by atoms with Gasteiger partial charge in [-0.05, 0) is 63.9 Å². The molecule has 0 bridgehead atoms. The zero-order valence-corrected chi connectivity index (χ0v) is 25.0. The SMILES string of the molecule is C=CCOC(=O)N[C@H](C(=O)N[C@@H](C)C(=O)Nc1ccc(NC(=O)c2cc(NC(=O)OC(C)(C)C)cn2C)cc1)C(C)C. The topological polar surface area (TPSA) is 169 Å². The number of ether oxygens (including phenoxy) is 2. The summed E-state index contributed by atoms with van der Waals surface area (Å²) < 4.78 is 11.7. The molecule has 0 aliphatic heterocycles. The third-order valence-electron chi connectivity index (χ3n) is 5.60. The van der Waals surface area contributed by atoms with Gasteiger partial charge in [-0.3, -0.25) is 19.7 Å². The molecule has 13 nitrogen and oxygen atoms in total. The van der Waals surface area contributed by atoms with E-state index >= 15 is 0 Å². The molecule has 2 atom stereocenters. The van der Waals surface area contributed by atoms with Gasteiger partial charge in [0.25, 0.3) is 5.91 Å². The van der Waals surface area contributed by atoms with Crippen LogP contribution < -0.4 is 26.6 Å². The highest BCUT2D eigenvalue weighted by Gasteiger charge is 2.27. The average molecular weight is 585 g/mol. The Bertz CT molecular complexity index is 1290. The maximum absolute atomic E-state index is 12.8. The van der Waals surface area contributed by atoms with Gasteiger partial charge in [0.05, 0.1) is 5.69 Å². The van der Waals surface area contributed by atoms with Crippen molar-refractivity contribution in [2.24, 2.45) is 13.0 Å². The van der Waals surface area contributed by atoms with Gasteiger partial charge in [0.15, 0.2) is 0 Å². The monoisotopic (exact) mass is 584 g/mol. The normalized spacial score (nSPS) is 12.4. The number of benzene rings is 1. The smallest absolute Gasteiger partial charge is 0.412 e. The van der Waals surface area contributed by atoms with Crippen molar-refractivity contribution < 1.29 is 33.4 Å². The van der Waals surface area contributed by atoms with Crippen molar-refractivity contribution in [2.75, 3.05) is 22.6 Å². The number of nitrogens with one attached hydrogen (secondary N) is 5. The highest BCUT2D eigenvalue weighted by atomic mass is 16.6. The number of amides is 5. The quantitative estimate of drug-likeness (QED) is 0.249. The Balaban J connectivity index is 1.94. The summed E-state index contributed by atoms with van der Waals surface area (Å²) in [6, 6.07) is 6.10. The molecule has 0 fully saturated rings. The predicted molar refractivity (Wildman–Crippen MR) is 159 cm³/mol. The van der Waals surface area contributed by atoms with Gasteiger partial charge < -0.3 is 35.3 Å². The van der Waals surface area contributed by atoms with Crippen molar-refractivity contribution in [3.05, 3.63) is 54.9 Å². The fourth-order valence-corrected chi connectivity index (χ4v) is 3.57. The molecule has 2 aromatic rings. The molecular weight excluding hydrogens is 544 g/mol. The van der Waals surface area contributed by atoms with E-state index in [1.807, 2.05) is 0 Å². The molecule has 1 aromatic heterocycles. The molecule has 0 aliphatic rings. The first-order valence-corrected chi connectivity index (χ1v) is 13.3. The van der Waals surface area contributed by atoms with Crippen molar-refractivity contribution in [3.8, 4) is 0 Å². The Morgan fingerprint density at radius 1 is 0.881 bits per heavy atom. The summed E-state index contributed by atoms with van der Waals surface area (Å²) in [7, 11) is 1.67. The molecule has 228 valence electrons. The van der Waals surface area contributed by atoms with E-state index in [2.05, 4.69) is 33.2 Å². The molecule has 5 amide bonds. The number of carbonyl (C=O) groups is 5. The number of anilines is 3. The summed E-state index contributed by atoms with van der Waals surface area (Å²) in [5, 5.41) is 13.1. The summed E-state index contributed by atoms with van der Waals surface area (Å²) in [4.78, 5) is 62.1. The van der Waals surface area contributed by atoms with E-state index in [1.54, 1.807) is 76.7 Å². The standard InChI is InChI=1S/C29H40N6O7/c1-9-14-41-27(39)34-23(17(2)3)26(38)30-18(4)24(36)31-19-10-12-20(13-11-19)32-25(37)22-15-21(16-35(22)8)33-28(40)42-29(5,6)7/h9-13,15-18,23H,1,14H2,2-8H3,(H,30,38)(H,31,36)(H,32,37)(H,33,40)(H,34,39)/t18-,23-/m0/s1. The molecule has 0 spiro atoms. The lowest BCUT2D eigenvalue weighted by Gasteiger charge is -2.23. The molecule has 42 heavy (non-hydrogen) atoms. The molecule has 2 rings (SSSR count). The van der Waals surface area contributed by atoms with Crippen molar-refractivity contribution in [1.82, 2.24) is 15.2 Å². The lowest BCUT2D eigenvalue weighted by Crippen LogP contribution is -2.53. The van der Waals surface area contributed by atoms with Gasteiger partial charge in [0, 0.05) is 24.6 Å². The number of aromatic nitrogens is 1. The van der Waals surface area contributed by atoms with Crippen LogP contribution in [0.5, 0.6) is 0 Å². The highest BCUT2D eigenvalue weighted by Crippen LogP contribution is 2.18. The molecule has 0 saturated heterocycles. The van der Waals surface area contributed by atoms with Gasteiger partial charge in [-0.2, -0.15) is 0 Å². The number of rotatable bonds is 11. The average Bonchev–Trinajstić information content (AvgIpc) is 3.25. The second-order valence-electron chi connectivity index (χ2n) is 10.9. The van der Waals surface area contributed by atoms with Crippen LogP contribution in [0.4, 0.5) is 26.7 Å². The van der Waals surface area contributed by atoms with Crippen molar-refractivity contribution in [1.29, 1.82) is 0 Å². The fraction of sp³-hybridized carbons (Fsp3) is 0.414. The molecule has 1 heterocycles. The maximum atomic E-state index is 12.8. The van der Waals surface area contributed by atoms with Crippen molar-refractivity contribution in [3.63, 3.8) is 0 Å². The molecule has 13 heteroatoms. The Morgan fingerprint density at radius 3 is 2.02 bits per heavy atom. The van der Waals surface area contributed by atoms with Crippen LogP contribution in [0.1, 0.15) is 52.0 Å². The van der Waals surface area contributed by atoms with E-state index in [0.717, 1.165) is 0 Å². The second kappa shape index (κ2) is 14.7. The van der Waals surface area contributed by atoms with Crippen LogP contribution in [-0.2, 0) is 26.1 Å². The number of hydrogen-bond donors (Lipinski definition) is 5. The summed E-state index contributed by atoms with van der Waals surface area (Å²) in [6.07, 6.45) is 1.60. The molecule has 5 N–H and O–H groups in total. The number of carbonyl (C=O) groups excluding carboxylic acids is 5. The summed E-state index contributed by atoms with van der Waals surface area (Å²) >= 11 is 0. The van der Waals surface area contributed by atoms with Crippen LogP contribution in [0, 0.1) is 5.92 Å². The Morgan fingerprint density at radius 2 is 1.48 bits per heavy atom. The first-order valence-electron chi connectivity index (χ1n) is 13.3. The largest absolute Gasteiger partial charge is 0.445 e. The van der Waals surface area contributed by atoms with Crippen LogP contribution >= 0.6 is 0 Å². The first kappa shape index (κ1) is 33.4. The summed E-state index contributed by atoms with van der Waals surface area (Å²) in [6.45, 7) is 13.7. The Labute approximate surface area is 245 Å². The van der Waals surface area contributed by atoms with E-state index in [-0.39, 0.29) is 12.5 Å². The fourth-order valence-electron chi connectivity index (χ4n) is 3.57. The zero-order chi connectivity index (χ0) is 31.6. The predicted octanol–water partition coefficient (Wildman–Crippen LogP) is 4.00. The van der Waals surface area contributed by atoms with Crippen molar-refractivity contribution >= 4 is 47.0 Å². The van der Waals surface area contributed by atoms with Crippen molar-refractivity contribution in [2.45, 2.75) is 59.2 Å². The number of hydrogen-bond acceptors (Lipinski definition) is 7. The minimum atomic E-state index is -0.912. The number of aryl methyl sites for hydroxylation is 1. The van der Waals surface area contributed by atoms with Gasteiger partial charge in [0.1, 0.15) is 30.0 Å². The number of alkyl carbamates (subject to hydrolysis) is 1. The van der Waals surface area contributed by atoms with Gasteiger partial charge in [-0.25, -0.2) is 9.59 Å². The minimum Gasteiger partial charge on any atom is -0.445 e. The molecule has 0 saturated carbocycles. The lowest BCUT2D eigenvalue weighted by atomic mass is 10.0. The third-order valence-corrected chi connectivity index (χ3v) is 5.60. The van der Waals surface area contributed by atoms with Crippen LogP contribution in [0.3, 0.4) is 0 Å². The first-order chi connectivity index (χ1) is 19.6. The van der Waals surface area contributed by atoms with E-state index in [9.17, 15) is 24.0 Å². The molecule has 0 radical (unpaired) electrons.